The molecule has 0 bridgehead atoms. The summed E-state index contributed by atoms with van der Waals surface area (Å²) in [5, 5.41) is 10.3. The molecule has 4 nitrogen and oxygen atoms in total. The van der Waals surface area contributed by atoms with Crippen molar-refractivity contribution < 1.29 is 9.84 Å². The van der Waals surface area contributed by atoms with E-state index in [2.05, 4.69) is 16.7 Å². The first-order valence-electron chi connectivity index (χ1n) is 8.11. The summed E-state index contributed by atoms with van der Waals surface area (Å²) in [6, 6.07) is 8.05. The number of ether oxygens (including phenoxy) is 1. The number of nitrogens with zero attached hydrogens (tertiary/aromatic N) is 2. The van der Waals surface area contributed by atoms with Gasteiger partial charge in [-0.1, -0.05) is 24.6 Å². The van der Waals surface area contributed by atoms with Crippen molar-refractivity contribution in [1.29, 1.82) is 0 Å². The molecule has 1 aliphatic heterocycles. The predicted molar refractivity (Wildman–Crippen MR) is 90.7 cm³/mol. The molecule has 1 saturated heterocycles. The van der Waals surface area contributed by atoms with Gasteiger partial charge in [-0.15, -0.1) is 0 Å². The fourth-order valence-electron chi connectivity index (χ4n) is 2.98. The van der Waals surface area contributed by atoms with Crippen LogP contribution in [0.25, 0.3) is 0 Å². The Bertz CT molecular complexity index is 456. The van der Waals surface area contributed by atoms with Gasteiger partial charge in [-0.2, -0.15) is 0 Å². The van der Waals surface area contributed by atoms with Crippen LogP contribution >= 0.6 is 11.6 Å². The molecule has 2 atom stereocenters. The molecule has 0 unspecified atom stereocenters. The molecule has 1 fully saturated rings. The zero-order chi connectivity index (χ0) is 15.9. The van der Waals surface area contributed by atoms with Crippen molar-refractivity contribution in [2.75, 3.05) is 39.3 Å². The molecule has 1 heterocycles. The third kappa shape index (κ3) is 5.43. The van der Waals surface area contributed by atoms with Crippen molar-refractivity contribution in [2.45, 2.75) is 32.4 Å². The summed E-state index contributed by atoms with van der Waals surface area (Å²) < 4.78 is 5.77. The van der Waals surface area contributed by atoms with E-state index in [-0.39, 0.29) is 6.10 Å². The minimum absolute atomic E-state index is 0.258. The van der Waals surface area contributed by atoms with Crippen LogP contribution in [0.5, 0.6) is 5.75 Å². The number of benzene rings is 1. The maximum atomic E-state index is 9.59. The molecule has 0 radical (unpaired) electrons. The Labute approximate surface area is 138 Å². The fourth-order valence-corrected chi connectivity index (χ4v) is 3.16. The van der Waals surface area contributed by atoms with Gasteiger partial charge in [-0.05, 0) is 31.5 Å². The molecule has 0 amide bonds. The van der Waals surface area contributed by atoms with Crippen LogP contribution in [0.15, 0.2) is 24.3 Å². The summed E-state index contributed by atoms with van der Waals surface area (Å²) in [5.41, 5.74) is 0. The number of hydrogen-bond donors (Lipinski definition) is 1. The molecule has 22 heavy (non-hydrogen) atoms. The topological polar surface area (TPSA) is 35.9 Å². The highest BCUT2D eigenvalue weighted by atomic mass is 35.5. The minimum Gasteiger partial charge on any atom is -0.492 e. The molecule has 5 heteroatoms. The lowest BCUT2D eigenvalue weighted by Crippen LogP contribution is -2.55. The van der Waals surface area contributed by atoms with Crippen LogP contribution in [0.2, 0.25) is 5.02 Å². The van der Waals surface area contributed by atoms with Crippen molar-refractivity contribution in [3.8, 4) is 5.75 Å². The first-order valence-corrected chi connectivity index (χ1v) is 8.49. The molecule has 1 aliphatic rings. The Hall–Kier alpha value is -0.810. The standard InChI is InChI=1S/C17H27ClN2O2/c1-3-16-13-19(7-8-20(16)12-14(2)21)9-10-22-17-6-4-5-15(18)11-17/h4-6,11,14,16,21H,3,7-10,12-13H2,1-2H3/t14-,16+/m0/s1. The monoisotopic (exact) mass is 326 g/mol. The van der Waals surface area contributed by atoms with Crippen LogP contribution in [0, 0.1) is 0 Å². The highest BCUT2D eigenvalue weighted by Gasteiger charge is 2.26. The van der Waals surface area contributed by atoms with E-state index in [1.807, 2.05) is 31.2 Å². The molecule has 0 spiro atoms. The van der Waals surface area contributed by atoms with E-state index in [0.29, 0.717) is 17.7 Å². The Morgan fingerprint density at radius 3 is 2.91 bits per heavy atom. The van der Waals surface area contributed by atoms with Gasteiger partial charge >= 0.3 is 0 Å². The second-order valence-corrected chi connectivity index (χ2v) is 6.45. The van der Waals surface area contributed by atoms with Gasteiger partial charge in [0.2, 0.25) is 0 Å². The average molecular weight is 327 g/mol. The summed E-state index contributed by atoms with van der Waals surface area (Å²) in [6.07, 6.45) is 0.852. The predicted octanol–water partition coefficient (Wildman–Crippen LogP) is 2.50. The maximum absolute atomic E-state index is 9.59. The second-order valence-electron chi connectivity index (χ2n) is 6.01. The van der Waals surface area contributed by atoms with E-state index in [1.165, 1.54) is 0 Å². The van der Waals surface area contributed by atoms with Gasteiger partial charge in [-0.25, -0.2) is 0 Å². The number of β-amino-alcohol motifs (C(OH)–C–C–N with tert-alkyl or cyclic N) is 1. The van der Waals surface area contributed by atoms with Gasteiger partial charge in [0.25, 0.3) is 0 Å². The lowest BCUT2D eigenvalue weighted by molar-refractivity contribution is 0.0322. The first kappa shape index (κ1) is 17.5. The van der Waals surface area contributed by atoms with Crippen LogP contribution in [0.4, 0.5) is 0 Å². The summed E-state index contributed by atoms with van der Waals surface area (Å²) >= 11 is 5.95. The first-order chi connectivity index (χ1) is 10.6. The van der Waals surface area contributed by atoms with Crippen molar-refractivity contribution in [3.05, 3.63) is 29.3 Å². The van der Waals surface area contributed by atoms with Gasteiger partial charge in [0.15, 0.2) is 0 Å². The van der Waals surface area contributed by atoms with Crippen molar-refractivity contribution in [1.82, 2.24) is 9.80 Å². The minimum atomic E-state index is -0.258. The zero-order valence-electron chi connectivity index (χ0n) is 13.5. The van der Waals surface area contributed by atoms with E-state index in [0.717, 1.165) is 44.9 Å². The Kier molecular flexibility index (Phi) is 6.96. The number of rotatable bonds is 7. The number of aliphatic hydroxyl groups is 1. The Morgan fingerprint density at radius 1 is 1.41 bits per heavy atom. The van der Waals surface area contributed by atoms with Gasteiger partial charge in [0.1, 0.15) is 12.4 Å². The van der Waals surface area contributed by atoms with E-state index in [1.54, 1.807) is 0 Å². The molecular formula is C17H27ClN2O2. The fraction of sp³-hybridized carbons (Fsp3) is 0.647. The van der Waals surface area contributed by atoms with Gasteiger partial charge in [-0.3, -0.25) is 9.80 Å². The summed E-state index contributed by atoms with van der Waals surface area (Å²) in [5.74, 6) is 0.826. The number of aliphatic hydroxyl groups excluding tert-OH is 1. The molecular weight excluding hydrogens is 300 g/mol. The number of piperazine rings is 1. The third-order valence-corrected chi connectivity index (χ3v) is 4.37. The highest BCUT2D eigenvalue weighted by Crippen LogP contribution is 2.17. The van der Waals surface area contributed by atoms with E-state index in [9.17, 15) is 5.11 Å². The molecule has 0 saturated carbocycles. The largest absolute Gasteiger partial charge is 0.492 e. The van der Waals surface area contributed by atoms with Gasteiger partial charge in [0.05, 0.1) is 6.10 Å². The molecule has 1 aromatic carbocycles. The maximum Gasteiger partial charge on any atom is 0.120 e. The van der Waals surface area contributed by atoms with Crippen LogP contribution in [0.3, 0.4) is 0 Å². The lowest BCUT2D eigenvalue weighted by Gasteiger charge is -2.41. The van der Waals surface area contributed by atoms with Crippen molar-refractivity contribution >= 4 is 11.6 Å². The Morgan fingerprint density at radius 2 is 2.23 bits per heavy atom. The lowest BCUT2D eigenvalue weighted by atomic mass is 10.1. The summed E-state index contributed by atoms with van der Waals surface area (Å²) in [7, 11) is 0. The third-order valence-electron chi connectivity index (χ3n) is 4.13. The molecule has 124 valence electrons. The SMILES string of the molecule is CC[C@@H]1CN(CCOc2cccc(Cl)c2)CCN1C[C@H](C)O. The van der Waals surface area contributed by atoms with E-state index in [4.69, 9.17) is 16.3 Å². The van der Waals surface area contributed by atoms with Crippen LogP contribution in [-0.4, -0.2) is 66.4 Å². The van der Waals surface area contributed by atoms with E-state index >= 15 is 0 Å². The molecule has 0 aromatic heterocycles. The quantitative estimate of drug-likeness (QED) is 0.835. The normalized spacial score (nSPS) is 21.7. The van der Waals surface area contributed by atoms with Crippen LogP contribution in [-0.2, 0) is 0 Å². The van der Waals surface area contributed by atoms with Crippen LogP contribution in [0.1, 0.15) is 20.3 Å². The Balaban J connectivity index is 1.75. The zero-order valence-corrected chi connectivity index (χ0v) is 14.3. The molecule has 0 aliphatic carbocycles. The van der Waals surface area contributed by atoms with E-state index < -0.39 is 0 Å². The summed E-state index contributed by atoms with van der Waals surface area (Å²) in [4.78, 5) is 4.84. The smallest absolute Gasteiger partial charge is 0.120 e. The van der Waals surface area contributed by atoms with Gasteiger partial charge in [0, 0.05) is 43.8 Å². The molecule has 2 rings (SSSR count). The number of hydrogen-bond acceptors (Lipinski definition) is 4. The average Bonchev–Trinajstić information content (AvgIpc) is 2.48. The highest BCUT2D eigenvalue weighted by molar-refractivity contribution is 6.30. The molecule has 1 N–H and O–H groups in total. The van der Waals surface area contributed by atoms with Crippen molar-refractivity contribution in [2.24, 2.45) is 0 Å². The number of halogens is 1. The van der Waals surface area contributed by atoms with Crippen LogP contribution < -0.4 is 4.74 Å². The molecule has 1 aromatic rings. The summed E-state index contributed by atoms with van der Waals surface area (Å²) in [6.45, 7) is 9.53. The second kappa shape index (κ2) is 8.73. The van der Waals surface area contributed by atoms with Crippen molar-refractivity contribution in [3.63, 3.8) is 0 Å². The van der Waals surface area contributed by atoms with Gasteiger partial charge < -0.3 is 9.84 Å².